The van der Waals surface area contributed by atoms with Crippen LogP contribution in [-0.4, -0.2) is 0 Å². The van der Waals surface area contributed by atoms with Gasteiger partial charge in [0.1, 0.15) is 0 Å². The third kappa shape index (κ3) is 5.34. The fourth-order valence-corrected chi connectivity index (χ4v) is 5.43. The number of benzene rings is 3. The van der Waals surface area contributed by atoms with E-state index in [0.29, 0.717) is 17.8 Å². The molecule has 0 bridgehead atoms. The van der Waals surface area contributed by atoms with Crippen LogP contribution in [0.4, 0.5) is 0 Å². The van der Waals surface area contributed by atoms with Gasteiger partial charge < -0.3 is 0 Å². The average molecular weight is 475 g/mol. The molecule has 2 unspecified atom stereocenters. The second-order valence-electron chi connectivity index (χ2n) is 10.8. The van der Waals surface area contributed by atoms with Crippen LogP contribution in [0, 0.1) is 12.8 Å². The first-order chi connectivity index (χ1) is 17.3. The molecule has 1 aliphatic rings. The van der Waals surface area contributed by atoms with Crippen LogP contribution in [0.2, 0.25) is 0 Å². The van der Waals surface area contributed by atoms with Crippen molar-refractivity contribution in [2.24, 2.45) is 5.92 Å². The zero-order valence-electron chi connectivity index (χ0n) is 23.2. The molecule has 0 amide bonds. The minimum Gasteiger partial charge on any atom is -0.0648 e. The largest absolute Gasteiger partial charge is 0.0648 e. The van der Waals surface area contributed by atoms with Crippen molar-refractivity contribution in [1.82, 2.24) is 0 Å². The third-order valence-electron chi connectivity index (χ3n) is 7.98. The van der Waals surface area contributed by atoms with Gasteiger partial charge in [0.25, 0.3) is 0 Å². The zero-order chi connectivity index (χ0) is 25.8. The second kappa shape index (κ2) is 11.3. The molecule has 4 rings (SSSR count). The minimum absolute atomic E-state index is 0.369. The number of hydrogen-bond donors (Lipinski definition) is 0. The van der Waals surface area contributed by atoms with Gasteiger partial charge in [-0.15, -0.1) is 0 Å². The maximum Gasteiger partial charge on any atom is 0.00295 e. The molecular weight excluding hydrogens is 432 g/mol. The fourth-order valence-electron chi connectivity index (χ4n) is 5.43. The van der Waals surface area contributed by atoms with E-state index in [-0.39, 0.29) is 0 Å². The van der Waals surface area contributed by atoms with Crippen molar-refractivity contribution < 1.29 is 0 Å². The van der Waals surface area contributed by atoms with E-state index in [0.717, 1.165) is 12.8 Å². The molecule has 0 saturated carbocycles. The van der Waals surface area contributed by atoms with Gasteiger partial charge in [0.15, 0.2) is 0 Å². The molecule has 0 radical (unpaired) electrons. The Balaban J connectivity index is 1.92. The monoisotopic (exact) mass is 474 g/mol. The molecule has 0 nitrogen and oxygen atoms in total. The molecule has 2 atom stereocenters. The Kier molecular flexibility index (Phi) is 8.14. The Morgan fingerprint density at radius 3 is 2.11 bits per heavy atom. The summed E-state index contributed by atoms with van der Waals surface area (Å²) in [5.74, 6) is 1.45. The lowest BCUT2D eigenvalue weighted by molar-refractivity contribution is 0.730. The van der Waals surface area contributed by atoms with Gasteiger partial charge in [0.05, 0.1) is 0 Å². The first-order valence-corrected chi connectivity index (χ1v) is 13.8. The van der Waals surface area contributed by atoms with Crippen LogP contribution < -0.4 is 0 Å². The minimum atomic E-state index is 0.369. The zero-order valence-corrected chi connectivity index (χ0v) is 23.2. The molecule has 0 heteroatoms. The average Bonchev–Trinajstić information content (AvgIpc) is 2.90. The summed E-state index contributed by atoms with van der Waals surface area (Å²) in [5, 5.41) is 0. The van der Waals surface area contributed by atoms with Crippen LogP contribution in [0.3, 0.4) is 0 Å². The van der Waals surface area contributed by atoms with Gasteiger partial charge in [-0.2, -0.15) is 0 Å². The van der Waals surface area contributed by atoms with Crippen LogP contribution in [0.25, 0.3) is 17.2 Å². The molecular formula is C36H42. The van der Waals surface area contributed by atoms with Crippen LogP contribution in [-0.2, 0) is 0 Å². The van der Waals surface area contributed by atoms with Crippen LogP contribution in [0.5, 0.6) is 0 Å². The van der Waals surface area contributed by atoms with E-state index in [4.69, 9.17) is 0 Å². The predicted molar refractivity (Wildman–Crippen MR) is 159 cm³/mol. The van der Waals surface area contributed by atoms with Crippen molar-refractivity contribution in [1.29, 1.82) is 0 Å². The van der Waals surface area contributed by atoms with Gasteiger partial charge in [-0.05, 0) is 82.2 Å². The first-order valence-electron chi connectivity index (χ1n) is 13.8. The maximum absolute atomic E-state index is 2.47. The molecule has 1 aliphatic carbocycles. The van der Waals surface area contributed by atoms with E-state index >= 15 is 0 Å². The Morgan fingerprint density at radius 1 is 0.833 bits per heavy atom. The molecule has 186 valence electrons. The Morgan fingerprint density at radius 2 is 1.50 bits per heavy atom. The summed E-state index contributed by atoms with van der Waals surface area (Å²) in [6, 6.07) is 27.3. The summed E-state index contributed by atoms with van der Waals surface area (Å²) in [7, 11) is 0. The van der Waals surface area contributed by atoms with Gasteiger partial charge in [-0.3, -0.25) is 0 Å². The van der Waals surface area contributed by atoms with E-state index in [1.165, 1.54) is 55.7 Å². The van der Waals surface area contributed by atoms with E-state index < -0.39 is 0 Å². The standard InChI is InChI=1S/C36H42/c1-8-26(6)33-12-10-11-13-34(33)36-32(9-2)27(7)31(22-28-16-20-29(21-17-28)24(3)4)23-35(36)30-18-14-25(5)15-19-30/h10-24,26-27H,8-9H2,1-7H3/b31-22-. The molecule has 0 fully saturated rings. The van der Waals surface area contributed by atoms with E-state index in [1.807, 2.05) is 0 Å². The summed E-state index contributed by atoms with van der Waals surface area (Å²) < 4.78 is 0. The van der Waals surface area contributed by atoms with E-state index in [9.17, 15) is 0 Å². The first kappa shape index (κ1) is 26.0. The topological polar surface area (TPSA) is 0 Å². The molecule has 0 N–H and O–H groups in total. The van der Waals surface area contributed by atoms with E-state index in [2.05, 4.69) is 133 Å². The molecule has 0 heterocycles. The normalized spacial score (nSPS) is 18.1. The van der Waals surface area contributed by atoms with Crippen LogP contribution >= 0.6 is 0 Å². The van der Waals surface area contributed by atoms with Crippen LogP contribution in [0.1, 0.15) is 99.6 Å². The van der Waals surface area contributed by atoms with Gasteiger partial charge in [-0.1, -0.05) is 132 Å². The Hall–Kier alpha value is -3.12. The van der Waals surface area contributed by atoms with Crippen molar-refractivity contribution >= 4 is 17.2 Å². The third-order valence-corrected chi connectivity index (χ3v) is 7.98. The number of rotatable bonds is 7. The van der Waals surface area contributed by atoms with Gasteiger partial charge in [0.2, 0.25) is 0 Å². The predicted octanol–water partition coefficient (Wildman–Crippen LogP) is 10.6. The Labute approximate surface area is 219 Å². The highest BCUT2D eigenvalue weighted by atomic mass is 14.3. The number of aryl methyl sites for hydroxylation is 1. The molecule has 0 aliphatic heterocycles. The van der Waals surface area contributed by atoms with Crippen molar-refractivity contribution in [3.8, 4) is 0 Å². The van der Waals surface area contributed by atoms with Crippen molar-refractivity contribution in [3.05, 3.63) is 123 Å². The summed E-state index contributed by atoms with van der Waals surface area (Å²) in [6.07, 6.45) is 7.05. The lowest BCUT2D eigenvalue weighted by Gasteiger charge is -2.31. The lowest BCUT2D eigenvalue weighted by atomic mass is 9.73. The summed E-state index contributed by atoms with van der Waals surface area (Å²) in [5.41, 5.74) is 13.9. The number of hydrogen-bond acceptors (Lipinski definition) is 0. The molecule has 3 aromatic carbocycles. The smallest absolute Gasteiger partial charge is 0.00295 e. The highest BCUT2D eigenvalue weighted by Crippen LogP contribution is 2.47. The summed E-state index contributed by atoms with van der Waals surface area (Å²) in [6.45, 7) is 16.0. The molecule has 3 aromatic rings. The summed E-state index contributed by atoms with van der Waals surface area (Å²) >= 11 is 0. The van der Waals surface area contributed by atoms with Crippen LogP contribution in [0.15, 0.2) is 90.0 Å². The Bertz CT molecular complexity index is 1280. The van der Waals surface area contributed by atoms with Crippen molar-refractivity contribution in [2.45, 2.75) is 73.1 Å². The molecule has 0 spiro atoms. The molecule has 36 heavy (non-hydrogen) atoms. The summed E-state index contributed by atoms with van der Waals surface area (Å²) in [4.78, 5) is 0. The fraction of sp³-hybridized carbons (Fsp3) is 0.333. The highest BCUT2D eigenvalue weighted by Gasteiger charge is 2.27. The van der Waals surface area contributed by atoms with Gasteiger partial charge >= 0.3 is 0 Å². The van der Waals surface area contributed by atoms with Gasteiger partial charge in [0, 0.05) is 5.92 Å². The number of allylic oxidation sites excluding steroid dienone is 5. The van der Waals surface area contributed by atoms with Crippen molar-refractivity contribution in [3.63, 3.8) is 0 Å². The maximum atomic E-state index is 2.47. The SMILES string of the molecule is CCC1=C(c2ccccc2C(C)CC)C(c2ccc(C)cc2)=C/C(=C/c2ccc(C(C)C)cc2)C1C. The van der Waals surface area contributed by atoms with Gasteiger partial charge in [-0.25, -0.2) is 0 Å². The van der Waals surface area contributed by atoms with E-state index in [1.54, 1.807) is 0 Å². The second-order valence-corrected chi connectivity index (χ2v) is 10.8. The van der Waals surface area contributed by atoms with Crippen molar-refractivity contribution in [2.75, 3.05) is 0 Å². The molecule has 0 saturated heterocycles. The quantitative estimate of drug-likeness (QED) is 0.319. The lowest BCUT2D eigenvalue weighted by Crippen LogP contribution is -2.13. The highest BCUT2D eigenvalue weighted by molar-refractivity contribution is 6.09. The molecule has 0 aromatic heterocycles.